The summed E-state index contributed by atoms with van der Waals surface area (Å²) in [6.07, 6.45) is 5.28. The van der Waals surface area contributed by atoms with Crippen molar-refractivity contribution in [2.45, 2.75) is 31.7 Å². The van der Waals surface area contributed by atoms with Crippen molar-refractivity contribution in [3.63, 3.8) is 0 Å². The summed E-state index contributed by atoms with van der Waals surface area (Å²) in [5.74, 6) is 5.52. The Morgan fingerprint density at radius 3 is 2.65 bits per heavy atom. The Bertz CT molecular complexity index is 516. The zero-order chi connectivity index (χ0) is 13.9. The fourth-order valence-electron chi connectivity index (χ4n) is 5.26. The highest BCUT2D eigenvalue weighted by Crippen LogP contribution is 2.70. The number of nitrogens with two attached hydrogens (primary N) is 1. The van der Waals surface area contributed by atoms with Crippen LogP contribution in [0.5, 0.6) is 5.75 Å². The number of halogens is 1. The highest BCUT2D eigenvalue weighted by molar-refractivity contribution is 6.30. The molecule has 3 heteroatoms. The summed E-state index contributed by atoms with van der Waals surface area (Å²) in [5, 5.41) is 0.768. The van der Waals surface area contributed by atoms with E-state index in [2.05, 4.69) is 0 Å². The first-order valence-corrected chi connectivity index (χ1v) is 8.15. The number of benzene rings is 1. The fraction of sp³-hybridized carbons (Fsp3) is 0.647. The van der Waals surface area contributed by atoms with E-state index in [1.54, 1.807) is 7.11 Å². The Hall–Kier alpha value is -0.730. The summed E-state index contributed by atoms with van der Waals surface area (Å²) in [7, 11) is 1.71. The van der Waals surface area contributed by atoms with Crippen LogP contribution in [0, 0.1) is 29.6 Å². The largest absolute Gasteiger partial charge is 0.496 e. The molecule has 3 saturated carbocycles. The van der Waals surface area contributed by atoms with Crippen LogP contribution in [0.3, 0.4) is 0 Å². The van der Waals surface area contributed by atoms with Crippen molar-refractivity contribution in [2.24, 2.45) is 35.3 Å². The molecule has 0 radical (unpaired) electrons. The van der Waals surface area contributed by atoms with Gasteiger partial charge in [0.25, 0.3) is 0 Å². The number of ether oxygens (including phenoxy) is 1. The number of rotatable bonds is 4. The lowest BCUT2D eigenvalue weighted by atomic mass is 9.93. The molecule has 2 bridgehead atoms. The summed E-state index contributed by atoms with van der Waals surface area (Å²) in [5.41, 5.74) is 7.69. The Morgan fingerprint density at radius 2 is 2.00 bits per heavy atom. The van der Waals surface area contributed by atoms with E-state index < -0.39 is 0 Å². The third-order valence-corrected chi connectivity index (χ3v) is 6.22. The van der Waals surface area contributed by atoms with Gasteiger partial charge in [-0.05, 0) is 79.0 Å². The second-order valence-electron chi connectivity index (χ2n) is 6.89. The van der Waals surface area contributed by atoms with Crippen LogP contribution in [0.4, 0.5) is 0 Å². The molecule has 20 heavy (non-hydrogen) atoms. The van der Waals surface area contributed by atoms with Crippen molar-refractivity contribution in [3.8, 4) is 5.75 Å². The van der Waals surface area contributed by atoms with Gasteiger partial charge in [-0.25, -0.2) is 0 Å². The summed E-state index contributed by atoms with van der Waals surface area (Å²) in [6, 6.07) is 6.09. The van der Waals surface area contributed by atoms with Crippen LogP contribution in [-0.4, -0.2) is 13.2 Å². The molecular formula is C17H22ClNO. The number of fused-ring (bicyclic) bond motifs is 5. The molecule has 108 valence electrons. The van der Waals surface area contributed by atoms with Crippen LogP contribution in [0.25, 0.3) is 0 Å². The molecule has 5 atom stereocenters. The van der Waals surface area contributed by atoms with Gasteiger partial charge in [0.1, 0.15) is 5.75 Å². The summed E-state index contributed by atoms with van der Waals surface area (Å²) < 4.78 is 5.44. The van der Waals surface area contributed by atoms with Gasteiger partial charge in [-0.2, -0.15) is 0 Å². The van der Waals surface area contributed by atoms with Crippen molar-refractivity contribution >= 4 is 11.6 Å². The van der Waals surface area contributed by atoms with Gasteiger partial charge in [0.2, 0.25) is 0 Å². The van der Waals surface area contributed by atoms with Gasteiger partial charge in [-0.3, -0.25) is 0 Å². The van der Waals surface area contributed by atoms with E-state index in [9.17, 15) is 0 Å². The van der Waals surface area contributed by atoms with Crippen molar-refractivity contribution < 1.29 is 4.74 Å². The molecule has 1 aromatic carbocycles. The van der Waals surface area contributed by atoms with E-state index in [1.807, 2.05) is 18.2 Å². The van der Waals surface area contributed by atoms with Gasteiger partial charge in [-0.1, -0.05) is 11.6 Å². The third kappa shape index (κ3) is 1.88. The van der Waals surface area contributed by atoms with Gasteiger partial charge in [0.05, 0.1) is 7.11 Å². The molecule has 3 aliphatic rings. The van der Waals surface area contributed by atoms with Crippen LogP contribution in [0.2, 0.25) is 5.02 Å². The molecule has 3 fully saturated rings. The number of hydrogen-bond donors (Lipinski definition) is 1. The zero-order valence-electron chi connectivity index (χ0n) is 11.9. The van der Waals surface area contributed by atoms with Crippen LogP contribution in [-0.2, 0) is 6.42 Å². The van der Waals surface area contributed by atoms with E-state index >= 15 is 0 Å². The first-order valence-electron chi connectivity index (χ1n) is 7.77. The van der Waals surface area contributed by atoms with Gasteiger partial charge in [0, 0.05) is 11.1 Å². The van der Waals surface area contributed by atoms with Crippen LogP contribution in [0.15, 0.2) is 18.2 Å². The lowest BCUT2D eigenvalue weighted by Gasteiger charge is -2.18. The van der Waals surface area contributed by atoms with Crippen molar-refractivity contribution in [3.05, 3.63) is 28.8 Å². The second-order valence-corrected chi connectivity index (χ2v) is 7.33. The molecule has 0 spiro atoms. The minimum absolute atomic E-state index is 0.265. The van der Waals surface area contributed by atoms with Crippen LogP contribution < -0.4 is 10.5 Å². The maximum Gasteiger partial charge on any atom is 0.122 e. The molecule has 3 aliphatic carbocycles. The lowest BCUT2D eigenvalue weighted by Crippen LogP contribution is -2.28. The fourth-order valence-corrected chi connectivity index (χ4v) is 5.46. The second kappa shape index (κ2) is 4.64. The molecule has 0 saturated heterocycles. The maximum absolute atomic E-state index is 6.53. The van der Waals surface area contributed by atoms with Crippen molar-refractivity contribution in [2.75, 3.05) is 7.11 Å². The number of hydrogen-bond acceptors (Lipinski definition) is 2. The molecule has 1 aromatic rings. The Kier molecular flexibility index (Phi) is 3.01. The lowest BCUT2D eigenvalue weighted by molar-refractivity contribution is 0.391. The average Bonchev–Trinajstić information content (AvgIpc) is 2.88. The average molecular weight is 292 g/mol. The molecule has 0 aromatic heterocycles. The minimum Gasteiger partial charge on any atom is -0.496 e. The van der Waals surface area contributed by atoms with E-state index in [0.717, 1.165) is 52.3 Å². The van der Waals surface area contributed by atoms with Crippen molar-refractivity contribution in [1.82, 2.24) is 0 Å². The van der Waals surface area contributed by atoms with E-state index in [0.29, 0.717) is 0 Å². The Balaban J connectivity index is 1.49. The standard InChI is InChI=1S/C17H22ClNO/c1-20-14-5-4-12(18)7-11(14)8-13(19)17-15-9-2-3-10(6-9)16(15)17/h4-5,7,9-10,13,15-17H,2-3,6,8,19H2,1H3. The molecule has 0 aliphatic heterocycles. The van der Waals surface area contributed by atoms with E-state index in [4.69, 9.17) is 22.1 Å². The van der Waals surface area contributed by atoms with E-state index in [1.165, 1.54) is 19.3 Å². The maximum atomic E-state index is 6.53. The SMILES string of the molecule is COc1ccc(Cl)cc1CC(N)C1C2C3CCC(C3)C12. The van der Waals surface area contributed by atoms with Gasteiger partial charge >= 0.3 is 0 Å². The van der Waals surface area contributed by atoms with Gasteiger partial charge in [-0.15, -0.1) is 0 Å². The summed E-state index contributed by atoms with van der Waals surface area (Å²) in [6.45, 7) is 0. The molecule has 0 heterocycles. The predicted molar refractivity (Wildman–Crippen MR) is 81.0 cm³/mol. The van der Waals surface area contributed by atoms with Gasteiger partial charge < -0.3 is 10.5 Å². The first-order chi connectivity index (χ1) is 9.69. The van der Waals surface area contributed by atoms with Gasteiger partial charge in [0.15, 0.2) is 0 Å². The molecule has 0 amide bonds. The third-order valence-electron chi connectivity index (χ3n) is 5.99. The molecule has 2 N–H and O–H groups in total. The molecule has 5 unspecified atom stereocenters. The summed E-state index contributed by atoms with van der Waals surface area (Å²) in [4.78, 5) is 0. The topological polar surface area (TPSA) is 35.2 Å². The molecule has 4 rings (SSSR count). The predicted octanol–water partition coefficient (Wildman–Crippen LogP) is 3.51. The smallest absolute Gasteiger partial charge is 0.122 e. The van der Waals surface area contributed by atoms with Crippen LogP contribution in [0.1, 0.15) is 24.8 Å². The highest BCUT2D eigenvalue weighted by Gasteiger charge is 2.66. The Morgan fingerprint density at radius 1 is 1.30 bits per heavy atom. The zero-order valence-corrected chi connectivity index (χ0v) is 12.6. The first kappa shape index (κ1) is 13.0. The quantitative estimate of drug-likeness (QED) is 0.921. The highest BCUT2D eigenvalue weighted by atomic mass is 35.5. The number of methoxy groups -OCH3 is 1. The van der Waals surface area contributed by atoms with E-state index in [-0.39, 0.29) is 6.04 Å². The summed E-state index contributed by atoms with van der Waals surface area (Å²) >= 11 is 6.11. The Labute approximate surface area is 125 Å². The van der Waals surface area contributed by atoms with Crippen LogP contribution >= 0.6 is 11.6 Å². The van der Waals surface area contributed by atoms with Crippen molar-refractivity contribution in [1.29, 1.82) is 0 Å². The minimum atomic E-state index is 0.265. The molecular weight excluding hydrogens is 270 g/mol. The molecule has 2 nitrogen and oxygen atoms in total. The monoisotopic (exact) mass is 291 g/mol. The normalized spacial score (nSPS) is 38.6.